The molecule has 0 saturated carbocycles. The van der Waals surface area contributed by atoms with E-state index >= 15 is 0 Å². The van der Waals surface area contributed by atoms with Gasteiger partial charge in [0.2, 0.25) is 5.91 Å². The molecule has 1 unspecified atom stereocenters. The number of nitrogens with one attached hydrogen (secondary N) is 3. The van der Waals surface area contributed by atoms with E-state index in [0.717, 1.165) is 8.47 Å². The molecule has 4 rings (SSSR count). The summed E-state index contributed by atoms with van der Waals surface area (Å²) < 4.78 is 1.07. The van der Waals surface area contributed by atoms with Crippen molar-refractivity contribution in [3.05, 3.63) is 134 Å². The van der Waals surface area contributed by atoms with Gasteiger partial charge in [0, 0.05) is 37.5 Å². The zero-order chi connectivity index (χ0) is 30.1. The fourth-order valence-corrected chi connectivity index (χ4v) is 4.97. The fourth-order valence-electron chi connectivity index (χ4n) is 3.68. The van der Waals surface area contributed by atoms with E-state index in [1.807, 2.05) is 30.3 Å². The summed E-state index contributed by atoms with van der Waals surface area (Å²) >= 11 is 3.53. The second-order valence-electron chi connectivity index (χ2n) is 8.96. The van der Waals surface area contributed by atoms with Crippen molar-refractivity contribution in [3.63, 3.8) is 0 Å². The number of thioether (sulfide) groups is 1. The molecule has 9 nitrogen and oxygen atoms in total. The first-order valence-corrected chi connectivity index (χ1v) is 14.6. The summed E-state index contributed by atoms with van der Waals surface area (Å²) in [6, 6.07) is 28.5. The Morgan fingerprint density at radius 1 is 0.857 bits per heavy atom. The summed E-state index contributed by atoms with van der Waals surface area (Å²) in [5.41, 5.74) is 1.85. The van der Waals surface area contributed by atoms with Crippen LogP contribution < -0.4 is 16.0 Å². The summed E-state index contributed by atoms with van der Waals surface area (Å²) in [6.07, 6.45) is 1.44. The third-order valence-corrected chi connectivity index (χ3v) is 7.64. The van der Waals surface area contributed by atoms with Crippen LogP contribution in [0.2, 0.25) is 0 Å². The number of halogens is 1. The SMILES string of the molecule is CC(Sc1cccc(NC(=O)/C(=C\c2ccc([N+](=O)[O-])cc2)NC(=O)c2ccccc2)c1)C(=O)Nc1ccc(I)cc1. The number of non-ortho nitro benzene ring substituents is 1. The monoisotopic (exact) mass is 692 g/mol. The standard InChI is InChI=1S/C31H25IN4O5S/c1-20(29(37)33-24-14-12-23(32)13-15-24)42-27-9-5-8-25(19-27)34-31(39)28(35-30(38)22-6-3-2-4-7-22)18-21-10-16-26(17-11-21)36(40)41/h2-20H,1H3,(H,33,37)(H,34,39)(H,35,38)/b28-18+. The maximum Gasteiger partial charge on any atom is 0.272 e. The number of anilines is 2. The lowest BCUT2D eigenvalue weighted by Gasteiger charge is -2.14. The van der Waals surface area contributed by atoms with Crippen molar-refractivity contribution in [3.8, 4) is 0 Å². The molecule has 4 aromatic carbocycles. The van der Waals surface area contributed by atoms with Crippen LogP contribution in [0.1, 0.15) is 22.8 Å². The highest BCUT2D eigenvalue weighted by Gasteiger charge is 2.18. The van der Waals surface area contributed by atoms with E-state index in [1.54, 1.807) is 55.5 Å². The van der Waals surface area contributed by atoms with Crippen LogP contribution in [0.5, 0.6) is 0 Å². The zero-order valence-corrected chi connectivity index (χ0v) is 25.2. The third kappa shape index (κ3) is 8.75. The second-order valence-corrected chi connectivity index (χ2v) is 11.6. The fraction of sp³-hybridized carbons (Fsp3) is 0.0645. The molecule has 11 heteroatoms. The zero-order valence-electron chi connectivity index (χ0n) is 22.2. The number of benzene rings is 4. The minimum atomic E-state index is -0.593. The molecule has 0 bridgehead atoms. The lowest BCUT2D eigenvalue weighted by molar-refractivity contribution is -0.384. The van der Waals surface area contributed by atoms with Crippen LogP contribution in [0.15, 0.2) is 114 Å². The quantitative estimate of drug-likeness (QED) is 0.0556. The Hall–Kier alpha value is -4.49. The first-order valence-electron chi connectivity index (χ1n) is 12.6. The van der Waals surface area contributed by atoms with Crippen molar-refractivity contribution < 1.29 is 19.3 Å². The largest absolute Gasteiger partial charge is 0.325 e. The average Bonchev–Trinajstić information content (AvgIpc) is 2.98. The lowest BCUT2D eigenvalue weighted by Crippen LogP contribution is -2.30. The molecule has 0 aliphatic carbocycles. The van der Waals surface area contributed by atoms with Crippen LogP contribution >= 0.6 is 34.4 Å². The Kier molecular flexibility index (Phi) is 10.5. The summed E-state index contributed by atoms with van der Waals surface area (Å²) in [4.78, 5) is 50.2. The Balaban J connectivity index is 1.49. The van der Waals surface area contributed by atoms with Gasteiger partial charge in [0.1, 0.15) is 5.70 Å². The highest BCUT2D eigenvalue weighted by molar-refractivity contribution is 14.1. The van der Waals surface area contributed by atoms with Gasteiger partial charge in [0.25, 0.3) is 17.5 Å². The normalized spacial score (nSPS) is 11.7. The third-order valence-electron chi connectivity index (χ3n) is 5.83. The molecule has 0 spiro atoms. The van der Waals surface area contributed by atoms with Gasteiger partial charge in [-0.25, -0.2) is 0 Å². The van der Waals surface area contributed by atoms with Gasteiger partial charge in [-0.3, -0.25) is 24.5 Å². The van der Waals surface area contributed by atoms with Gasteiger partial charge in [-0.15, -0.1) is 11.8 Å². The maximum absolute atomic E-state index is 13.4. The number of carbonyl (C=O) groups excluding carboxylic acids is 3. The first-order chi connectivity index (χ1) is 20.2. The van der Waals surface area contributed by atoms with Crippen molar-refractivity contribution in [1.29, 1.82) is 0 Å². The average molecular weight is 693 g/mol. The number of hydrogen-bond acceptors (Lipinski definition) is 6. The van der Waals surface area contributed by atoms with E-state index < -0.39 is 22.0 Å². The van der Waals surface area contributed by atoms with Crippen LogP contribution in [0.25, 0.3) is 6.08 Å². The molecule has 3 amide bonds. The molecule has 4 aromatic rings. The predicted octanol–water partition coefficient (Wildman–Crippen LogP) is 6.73. The molecule has 0 fully saturated rings. The molecule has 3 N–H and O–H groups in total. The molecule has 0 saturated heterocycles. The molecule has 1 atom stereocenters. The van der Waals surface area contributed by atoms with Crippen molar-refractivity contribution >= 4 is 75.2 Å². The molecule has 0 radical (unpaired) electrons. The van der Waals surface area contributed by atoms with Crippen molar-refractivity contribution in [2.24, 2.45) is 0 Å². The van der Waals surface area contributed by atoms with Gasteiger partial charge in [0.05, 0.1) is 10.2 Å². The lowest BCUT2D eigenvalue weighted by atomic mass is 10.1. The van der Waals surface area contributed by atoms with Crippen LogP contribution in [0.4, 0.5) is 17.1 Å². The van der Waals surface area contributed by atoms with Gasteiger partial charge in [-0.05, 0) is 108 Å². The first kappa shape index (κ1) is 30.5. The molecule has 42 heavy (non-hydrogen) atoms. The number of nitro benzene ring substituents is 1. The number of nitrogens with zero attached hydrogens (tertiary/aromatic N) is 1. The summed E-state index contributed by atoms with van der Waals surface area (Å²) in [7, 11) is 0. The number of rotatable bonds is 10. The van der Waals surface area contributed by atoms with Gasteiger partial charge < -0.3 is 16.0 Å². The summed E-state index contributed by atoms with van der Waals surface area (Å²) in [6.45, 7) is 1.79. The van der Waals surface area contributed by atoms with Crippen molar-refractivity contribution in [2.75, 3.05) is 10.6 Å². The Labute approximate surface area is 260 Å². The van der Waals surface area contributed by atoms with Crippen LogP contribution in [0.3, 0.4) is 0 Å². The van der Waals surface area contributed by atoms with Crippen LogP contribution in [-0.2, 0) is 9.59 Å². The molecule has 0 aliphatic heterocycles. The van der Waals surface area contributed by atoms with Gasteiger partial charge in [-0.2, -0.15) is 0 Å². The highest BCUT2D eigenvalue weighted by atomic mass is 127. The highest BCUT2D eigenvalue weighted by Crippen LogP contribution is 2.27. The van der Waals surface area contributed by atoms with Gasteiger partial charge in [0.15, 0.2) is 0 Å². The van der Waals surface area contributed by atoms with Crippen molar-refractivity contribution in [2.45, 2.75) is 17.1 Å². The number of hydrogen-bond donors (Lipinski definition) is 3. The molecular formula is C31H25IN4O5S. The van der Waals surface area contributed by atoms with E-state index in [1.165, 1.54) is 42.1 Å². The predicted molar refractivity (Wildman–Crippen MR) is 173 cm³/mol. The van der Waals surface area contributed by atoms with Crippen LogP contribution in [0, 0.1) is 13.7 Å². The minimum absolute atomic E-state index is 0.0546. The summed E-state index contributed by atoms with van der Waals surface area (Å²) in [5.74, 6) is -1.24. The maximum atomic E-state index is 13.4. The number of amides is 3. The van der Waals surface area contributed by atoms with E-state index in [2.05, 4.69) is 38.5 Å². The number of carbonyl (C=O) groups is 3. The van der Waals surface area contributed by atoms with Crippen LogP contribution in [-0.4, -0.2) is 27.9 Å². The Morgan fingerprint density at radius 2 is 1.55 bits per heavy atom. The Bertz CT molecular complexity index is 1630. The van der Waals surface area contributed by atoms with E-state index in [-0.39, 0.29) is 17.3 Å². The summed E-state index contributed by atoms with van der Waals surface area (Å²) in [5, 5.41) is 18.9. The molecule has 0 aromatic heterocycles. The van der Waals surface area contributed by atoms with Gasteiger partial charge >= 0.3 is 0 Å². The molecule has 0 heterocycles. The van der Waals surface area contributed by atoms with E-state index in [9.17, 15) is 24.5 Å². The second kappa shape index (κ2) is 14.4. The van der Waals surface area contributed by atoms with Crippen molar-refractivity contribution in [1.82, 2.24) is 5.32 Å². The number of nitro groups is 1. The topological polar surface area (TPSA) is 130 Å². The molecule has 0 aliphatic rings. The molecular weight excluding hydrogens is 667 g/mol. The van der Waals surface area contributed by atoms with Gasteiger partial charge in [-0.1, -0.05) is 24.3 Å². The van der Waals surface area contributed by atoms with E-state index in [0.29, 0.717) is 22.5 Å². The molecule has 212 valence electrons. The smallest absolute Gasteiger partial charge is 0.272 e. The Morgan fingerprint density at radius 3 is 2.21 bits per heavy atom. The minimum Gasteiger partial charge on any atom is -0.325 e. The van der Waals surface area contributed by atoms with E-state index in [4.69, 9.17) is 0 Å².